The van der Waals surface area contributed by atoms with Gasteiger partial charge in [0.05, 0.1) is 17.2 Å². The van der Waals surface area contributed by atoms with Gasteiger partial charge in [0.15, 0.2) is 0 Å². The average molecular weight is 300 g/mol. The number of carbonyl (C=O) groups is 1. The molecule has 1 aromatic carbocycles. The van der Waals surface area contributed by atoms with Gasteiger partial charge in [0.1, 0.15) is 0 Å². The number of hydrogen-bond donors (Lipinski definition) is 1. The van der Waals surface area contributed by atoms with E-state index in [1.807, 2.05) is 4.90 Å². The summed E-state index contributed by atoms with van der Waals surface area (Å²) < 4.78 is 5.18. The SMILES string of the molecule is COCC1CCCN(C(=O)c2cc(S)ccc2Cl)C1. The minimum Gasteiger partial charge on any atom is -0.384 e. The fourth-order valence-electron chi connectivity index (χ4n) is 2.47. The first-order valence-corrected chi connectivity index (χ1v) is 7.21. The summed E-state index contributed by atoms with van der Waals surface area (Å²) >= 11 is 10.4. The Bertz CT molecular complexity index is 465. The normalized spacial score (nSPS) is 19.5. The predicted molar refractivity (Wildman–Crippen MR) is 79.2 cm³/mol. The van der Waals surface area contributed by atoms with Crippen LogP contribution in [0.5, 0.6) is 0 Å². The lowest BCUT2D eigenvalue weighted by molar-refractivity contribution is 0.0571. The van der Waals surface area contributed by atoms with Crippen molar-refractivity contribution in [3.05, 3.63) is 28.8 Å². The monoisotopic (exact) mass is 299 g/mol. The highest BCUT2D eigenvalue weighted by Crippen LogP contribution is 2.24. The van der Waals surface area contributed by atoms with Crippen LogP contribution in [0.3, 0.4) is 0 Å². The van der Waals surface area contributed by atoms with Gasteiger partial charge in [0, 0.05) is 25.1 Å². The number of benzene rings is 1. The Labute approximate surface area is 124 Å². The molecular formula is C14H18ClNO2S. The van der Waals surface area contributed by atoms with E-state index in [1.165, 1.54) is 0 Å². The Balaban J connectivity index is 2.12. The molecule has 5 heteroatoms. The summed E-state index contributed by atoms with van der Waals surface area (Å²) in [5, 5.41) is 0.483. The van der Waals surface area contributed by atoms with E-state index in [4.69, 9.17) is 16.3 Å². The van der Waals surface area contributed by atoms with Gasteiger partial charge >= 0.3 is 0 Å². The number of piperidine rings is 1. The number of thiol groups is 1. The predicted octanol–water partition coefficient (Wildman–Crippen LogP) is 3.13. The second-order valence-electron chi connectivity index (χ2n) is 4.88. The van der Waals surface area contributed by atoms with Crippen LogP contribution in [0, 0.1) is 5.92 Å². The van der Waals surface area contributed by atoms with Crippen molar-refractivity contribution < 1.29 is 9.53 Å². The van der Waals surface area contributed by atoms with Gasteiger partial charge in [0.2, 0.25) is 0 Å². The summed E-state index contributed by atoms with van der Waals surface area (Å²) in [6.45, 7) is 2.22. The quantitative estimate of drug-likeness (QED) is 0.869. The molecule has 1 aromatic rings. The molecule has 1 atom stereocenters. The summed E-state index contributed by atoms with van der Waals surface area (Å²) in [4.78, 5) is 15.1. The number of likely N-dealkylation sites (tertiary alicyclic amines) is 1. The Hall–Kier alpha value is -0.710. The van der Waals surface area contributed by atoms with Crippen LogP contribution < -0.4 is 0 Å². The molecular weight excluding hydrogens is 282 g/mol. The minimum absolute atomic E-state index is 0.0123. The van der Waals surface area contributed by atoms with Gasteiger partial charge in [-0.15, -0.1) is 12.6 Å². The van der Waals surface area contributed by atoms with E-state index >= 15 is 0 Å². The maximum atomic E-state index is 12.5. The van der Waals surface area contributed by atoms with Crippen LogP contribution in [-0.2, 0) is 4.74 Å². The first kappa shape index (κ1) is 14.7. The standard InChI is InChI=1S/C14H18ClNO2S/c1-18-9-10-3-2-6-16(8-10)14(17)12-7-11(19)4-5-13(12)15/h4-5,7,10,19H,2-3,6,8-9H2,1H3. The number of carbonyl (C=O) groups excluding carboxylic acids is 1. The van der Waals surface area contributed by atoms with Crippen molar-refractivity contribution in [2.45, 2.75) is 17.7 Å². The number of halogens is 1. The van der Waals surface area contributed by atoms with E-state index in [1.54, 1.807) is 25.3 Å². The van der Waals surface area contributed by atoms with Crippen molar-refractivity contribution in [2.24, 2.45) is 5.92 Å². The van der Waals surface area contributed by atoms with E-state index in [0.29, 0.717) is 23.1 Å². The lowest BCUT2D eigenvalue weighted by atomic mass is 9.98. The Morgan fingerprint density at radius 3 is 3.11 bits per heavy atom. The van der Waals surface area contributed by atoms with Gasteiger partial charge in [-0.1, -0.05) is 11.6 Å². The Kier molecular flexibility index (Phi) is 5.13. The van der Waals surface area contributed by atoms with Crippen molar-refractivity contribution >= 4 is 30.1 Å². The maximum Gasteiger partial charge on any atom is 0.255 e. The van der Waals surface area contributed by atoms with Crippen LogP contribution >= 0.6 is 24.2 Å². The van der Waals surface area contributed by atoms with Crippen LogP contribution in [-0.4, -0.2) is 37.6 Å². The molecule has 0 radical (unpaired) electrons. The van der Waals surface area contributed by atoms with Crippen molar-refractivity contribution in [3.63, 3.8) is 0 Å². The zero-order valence-corrected chi connectivity index (χ0v) is 12.6. The first-order valence-electron chi connectivity index (χ1n) is 6.38. The third-order valence-electron chi connectivity index (χ3n) is 3.39. The van der Waals surface area contributed by atoms with Crippen molar-refractivity contribution in [3.8, 4) is 0 Å². The molecule has 3 nitrogen and oxygen atoms in total. The molecule has 0 N–H and O–H groups in total. The van der Waals surface area contributed by atoms with Crippen LogP contribution in [0.2, 0.25) is 5.02 Å². The molecule has 0 aliphatic carbocycles. The smallest absolute Gasteiger partial charge is 0.255 e. The summed E-state index contributed by atoms with van der Waals surface area (Å²) in [5.74, 6) is 0.405. The van der Waals surface area contributed by atoms with Crippen molar-refractivity contribution in [1.29, 1.82) is 0 Å². The first-order chi connectivity index (χ1) is 9.11. The van der Waals surface area contributed by atoms with Crippen LogP contribution in [0.25, 0.3) is 0 Å². The minimum atomic E-state index is -0.0123. The fourth-order valence-corrected chi connectivity index (χ4v) is 2.87. The summed E-state index contributed by atoms with van der Waals surface area (Å²) in [7, 11) is 1.70. The van der Waals surface area contributed by atoms with Gasteiger partial charge in [-0.05, 0) is 37.0 Å². The van der Waals surface area contributed by atoms with Gasteiger partial charge in [-0.2, -0.15) is 0 Å². The molecule has 19 heavy (non-hydrogen) atoms. The van der Waals surface area contributed by atoms with Gasteiger partial charge in [0.25, 0.3) is 5.91 Å². The highest BCUT2D eigenvalue weighted by atomic mass is 35.5. The summed E-state index contributed by atoms with van der Waals surface area (Å²) in [5.41, 5.74) is 0.534. The Morgan fingerprint density at radius 1 is 1.58 bits per heavy atom. The molecule has 1 unspecified atom stereocenters. The number of rotatable bonds is 3. The second-order valence-corrected chi connectivity index (χ2v) is 5.80. The number of ether oxygens (including phenoxy) is 1. The highest BCUT2D eigenvalue weighted by Gasteiger charge is 2.25. The van der Waals surface area contributed by atoms with Crippen molar-refractivity contribution in [2.75, 3.05) is 26.8 Å². The molecule has 1 amide bonds. The Morgan fingerprint density at radius 2 is 2.37 bits per heavy atom. The molecule has 1 saturated heterocycles. The zero-order chi connectivity index (χ0) is 13.8. The summed E-state index contributed by atoms with van der Waals surface area (Å²) in [6, 6.07) is 5.23. The molecule has 0 bridgehead atoms. The topological polar surface area (TPSA) is 29.5 Å². The zero-order valence-electron chi connectivity index (χ0n) is 10.9. The number of nitrogens with zero attached hydrogens (tertiary/aromatic N) is 1. The van der Waals surface area contributed by atoms with E-state index in [-0.39, 0.29) is 5.91 Å². The lowest BCUT2D eigenvalue weighted by Crippen LogP contribution is -2.41. The number of hydrogen-bond acceptors (Lipinski definition) is 3. The van der Waals surface area contributed by atoms with Gasteiger partial charge in [-0.3, -0.25) is 4.79 Å². The third kappa shape index (κ3) is 3.65. The van der Waals surface area contributed by atoms with Crippen LogP contribution in [0.4, 0.5) is 0 Å². The maximum absolute atomic E-state index is 12.5. The van der Waals surface area contributed by atoms with Gasteiger partial charge < -0.3 is 9.64 Å². The van der Waals surface area contributed by atoms with Gasteiger partial charge in [-0.25, -0.2) is 0 Å². The number of methoxy groups -OCH3 is 1. The van der Waals surface area contributed by atoms with E-state index in [9.17, 15) is 4.79 Å². The van der Waals surface area contributed by atoms with E-state index in [2.05, 4.69) is 12.6 Å². The molecule has 104 valence electrons. The highest BCUT2D eigenvalue weighted by molar-refractivity contribution is 7.80. The van der Waals surface area contributed by atoms with Crippen LogP contribution in [0.1, 0.15) is 23.2 Å². The molecule has 0 spiro atoms. The second kappa shape index (κ2) is 6.64. The van der Waals surface area contributed by atoms with Crippen LogP contribution in [0.15, 0.2) is 23.1 Å². The average Bonchev–Trinajstić information content (AvgIpc) is 2.41. The molecule has 1 aliphatic heterocycles. The molecule has 1 heterocycles. The van der Waals surface area contributed by atoms with Crippen molar-refractivity contribution in [1.82, 2.24) is 4.90 Å². The summed E-state index contributed by atoms with van der Waals surface area (Å²) in [6.07, 6.45) is 2.12. The number of amides is 1. The molecule has 1 aliphatic rings. The molecule has 0 saturated carbocycles. The fraction of sp³-hybridized carbons (Fsp3) is 0.500. The van der Waals surface area contributed by atoms with E-state index in [0.717, 1.165) is 30.8 Å². The molecule has 1 fully saturated rings. The van der Waals surface area contributed by atoms with E-state index < -0.39 is 0 Å². The molecule has 2 rings (SSSR count). The largest absolute Gasteiger partial charge is 0.384 e. The lowest BCUT2D eigenvalue weighted by Gasteiger charge is -2.32. The third-order valence-corrected chi connectivity index (χ3v) is 4.00. The molecule has 0 aromatic heterocycles.